The number of halogens is 3. The van der Waals surface area contributed by atoms with E-state index in [0.29, 0.717) is 0 Å². The average molecular weight is 415 g/mol. The zero-order chi connectivity index (χ0) is 15.2. The average Bonchev–Trinajstić information content (AvgIpc) is 2.44. The molecule has 0 heterocycles. The van der Waals surface area contributed by atoms with Crippen molar-refractivity contribution in [1.82, 2.24) is 5.32 Å². The van der Waals surface area contributed by atoms with Gasteiger partial charge in [-0.25, -0.2) is 4.39 Å². The van der Waals surface area contributed by atoms with Gasteiger partial charge in [0.25, 0.3) is 0 Å². The van der Waals surface area contributed by atoms with E-state index in [2.05, 4.69) is 56.2 Å². The molecular formula is C17H18Br2FN. The second-order valence-electron chi connectivity index (χ2n) is 5.04. The summed E-state index contributed by atoms with van der Waals surface area (Å²) in [6.45, 7) is 3.04. The molecule has 0 saturated heterocycles. The molecule has 0 aliphatic rings. The predicted octanol–water partition coefficient (Wildman–Crippen LogP) is 5.63. The monoisotopic (exact) mass is 413 g/mol. The van der Waals surface area contributed by atoms with Crippen LogP contribution in [-0.2, 0) is 6.42 Å². The molecule has 1 nitrogen and oxygen atoms in total. The fraction of sp³-hybridized carbons (Fsp3) is 0.294. The Balaban J connectivity index is 2.22. The first-order valence-corrected chi connectivity index (χ1v) is 8.61. The van der Waals surface area contributed by atoms with Crippen molar-refractivity contribution < 1.29 is 4.39 Å². The van der Waals surface area contributed by atoms with Gasteiger partial charge in [-0.15, -0.1) is 0 Å². The molecule has 2 rings (SSSR count). The largest absolute Gasteiger partial charge is 0.310 e. The fourth-order valence-electron chi connectivity index (χ4n) is 2.26. The zero-order valence-corrected chi connectivity index (χ0v) is 15.0. The first-order chi connectivity index (χ1) is 10.1. The van der Waals surface area contributed by atoms with Crippen molar-refractivity contribution in [3.8, 4) is 0 Å². The van der Waals surface area contributed by atoms with Crippen LogP contribution in [0.25, 0.3) is 0 Å². The second-order valence-corrected chi connectivity index (χ2v) is 6.87. The molecule has 1 atom stereocenters. The zero-order valence-electron chi connectivity index (χ0n) is 11.9. The summed E-state index contributed by atoms with van der Waals surface area (Å²) in [6.07, 6.45) is 1.89. The van der Waals surface area contributed by atoms with Gasteiger partial charge in [-0.3, -0.25) is 0 Å². The van der Waals surface area contributed by atoms with Gasteiger partial charge in [-0.05, 0) is 60.8 Å². The third kappa shape index (κ3) is 5.20. The van der Waals surface area contributed by atoms with Crippen LogP contribution in [0.2, 0.25) is 0 Å². The Morgan fingerprint density at radius 2 is 1.76 bits per heavy atom. The molecule has 21 heavy (non-hydrogen) atoms. The molecule has 0 saturated carbocycles. The number of rotatable bonds is 6. The molecule has 1 N–H and O–H groups in total. The molecular weight excluding hydrogens is 397 g/mol. The highest BCUT2D eigenvalue weighted by atomic mass is 79.9. The number of nitrogens with one attached hydrogen (secondary N) is 1. The Kier molecular flexibility index (Phi) is 6.40. The molecule has 2 aromatic carbocycles. The van der Waals surface area contributed by atoms with Gasteiger partial charge >= 0.3 is 0 Å². The van der Waals surface area contributed by atoms with E-state index in [0.717, 1.165) is 33.9 Å². The Morgan fingerprint density at radius 1 is 1.05 bits per heavy atom. The van der Waals surface area contributed by atoms with Gasteiger partial charge in [0.15, 0.2) is 0 Å². The maximum atomic E-state index is 13.6. The quantitative estimate of drug-likeness (QED) is 0.645. The predicted molar refractivity (Wildman–Crippen MR) is 93.0 cm³/mol. The molecule has 2 aromatic rings. The summed E-state index contributed by atoms with van der Waals surface area (Å²) >= 11 is 6.82. The molecule has 1 unspecified atom stereocenters. The van der Waals surface area contributed by atoms with E-state index in [1.165, 1.54) is 11.6 Å². The summed E-state index contributed by atoms with van der Waals surface area (Å²) in [5.74, 6) is -0.210. The minimum atomic E-state index is -0.210. The van der Waals surface area contributed by atoms with Gasteiger partial charge in [0, 0.05) is 15.0 Å². The van der Waals surface area contributed by atoms with Gasteiger partial charge in [0.05, 0.1) is 0 Å². The van der Waals surface area contributed by atoms with Gasteiger partial charge < -0.3 is 5.32 Å². The van der Waals surface area contributed by atoms with Crippen LogP contribution in [0.3, 0.4) is 0 Å². The van der Waals surface area contributed by atoms with Crippen LogP contribution in [0, 0.1) is 5.82 Å². The minimum Gasteiger partial charge on any atom is -0.310 e. The van der Waals surface area contributed by atoms with Crippen LogP contribution in [0.5, 0.6) is 0 Å². The SMILES string of the molecule is CCCNC(Cc1ccc(Br)cc1)c1cc(F)cc(Br)c1. The minimum absolute atomic E-state index is 0.109. The van der Waals surface area contributed by atoms with E-state index >= 15 is 0 Å². The molecule has 4 heteroatoms. The number of hydrogen-bond acceptors (Lipinski definition) is 1. The summed E-state index contributed by atoms with van der Waals surface area (Å²) in [7, 11) is 0. The van der Waals surface area contributed by atoms with Gasteiger partial charge in [-0.2, -0.15) is 0 Å². The van der Waals surface area contributed by atoms with Gasteiger partial charge in [0.2, 0.25) is 0 Å². The topological polar surface area (TPSA) is 12.0 Å². The molecule has 0 amide bonds. The van der Waals surface area contributed by atoms with Crippen molar-refractivity contribution in [2.24, 2.45) is 0 Å². The normalized spacial score (nSPS) is 12.4. The Bertz CT molecular complexity index is 564. The standard InChI is InChI=1S/C17H18Br2FN/c1-2-7-21-17(8-12-3-5-14(18)6-4-12)13-9-15(19)11-16(20)10-13/h3-6,9-11,17,21H,2,7-8H2,1H3. The molecule has 0 fully saturated rings. The lowest BCUT2D eigenvalue weighted by atomic mass is 9.98. The molecule has 0 aliphatic carbocycles. The van der Waals surface area contributed by atoms with Crippen molar-refractivity contribution in [2.75, 3.05) is 6.54 Å². The van der Waals surface area contributed by atoms with E-state index in [-0.39, 0.29) is 11.9 Å². The van der Waals surface area contributed by atoms with Gasteiger partial charge in [0.1, 0.15) is 5.82 Å². The Labute approximate surface area is 142 Å². The highest BCUT2D eigenvalue weighted by molar-refractivity contribution is 9.10. The summed E-state index contributed by atoms with van der Waals surface area (Å²) in [6, 6.07) is 13.4. The van der Waals surface area contributed by atoms with Crippen LogP contribution in [0.1, 0.15) is 30.5 Å². The fourth-order valence-corrected chi connectivity index (χ4v) is 3.01. The van der Waals surface area contributed by atoms with E-state index in [1.54, 1.807) is 6.07 Å². The highest BCUT2D eigenvalue weighted by Crippen LogP contribution is 2.24. The maximum Gasteiger partial charge on any atom is 0.124 e. The smallest absolute Gasteiger partial charge is 0.124 e. The first kappa shape index (κ1) is 16.7. The molecule has 0 bridgehead atoms. The third-order valence-electron chi connectivity index (χ3n) is 3.28. The molecule has 0 aliphatic heterocycles. The van der Waals surface area contributed by atoms with E-state index in [4.69, 9.17) is 0 Å². The first-order valence-electron chi connectivity index (χ1n) is 7.02. The number of hydrogen-bond donors (Lipinski definition) is 1. The molecule has 112 valence electrons. The maximum absolute atomic E-state index is 13.6. The number of benzene rings is 2. The lowest BCUT2D eigenvalue weighted by Crippen LogP contribution is -2.24. The lowest BCUT2D eigenvalue weighted by molar-refractivity contribution is 0.524. The van der Waals surface area contributed by atoms with Crippen LogP contribution in [-0.4, -0.2) is 6.54 Å². The van der Waals surface area contributed by atoms with Crippen molar-refractivity contribution in [1.29, 1.82) is 0 Å². The van der Waals surface area contributed by atoms with Crippen LogP contribution in [0.4, 0.5) is 4.39 Å². The summed E-state index contributed by atoms with van der Waals surface area (Å²) in [4.78, 5) is 0. The van der Waals surface area contributed by atoms with E-state index < -0.39 is 0 Å². The summed E-state index contributed by atoms with van der Waals surface area (Å²) in [5.41, 5.74) is 2.20. The van der Waals surface area contributed by atoms with Crippen molar-refractivity contribution in [2.45, 2.75) is 25.8 Å². The summed E-state index contributed by atoms with van der Waals surface area (Å²) < 4.78 is 15.5. The Hall–Kier alpha value is -0.710. The summed E-state index contributed by atoms with van der Waals surface area (Å²) in [5, 5.41) is 3.50. The molecule has 0 aromatic heterocycles. The van der Waals surface area contributed by atoms with Crippen LogP contribution < -0.4 is 5.32 Å². The molecule has 0 spiro atoms. The van der Waals surface area contributed by atoms with E-state index in [1.807, 2.05) is 18.2 Å². The van der Waals surface area contributed by atoms with Crippen LogP contribution in [0.15, 0.2) is 51.4 Å². The van der Waals surface area contributed by atoms with Crippen molar-refractivity contribution in [3.05, 3.63) is 68.4 Å². The second kappa shape index (κ2) is 8.06. The van der Waals surface area contributed by atoms with Crippen molar-refractivity contribution in [3.63, 3.8) is 0 Å². The van der Waals surface area contributed by atoms with E-state index in [9.17, 15) is 4.39 Å². The third-order valence-corrected chi connectivity index (χ3v) is 4.27. The van der Waals surface area contributed by atoms with Crippen LogP contribution >= 0.6 is 31.9 Å². The highest BCUT2D eigenvalue weighted by Gasteiger charge is 2.13. The lowest BCUT2D eigenvalue weighted by Gasteiger charge is -2.20. The van der Waals surface area contributed by atoms with Gasteiger partial charge in [-0.1, -0.05) is 50.9 Å². The molecule has 0 radical (unpaired) electrons. The van der Waals surface area contributed by atoms with Crippen molar-refractivity contribution >= 4 is 31.9 Å². The Morgan fingerprint density at radius 3 is 2.38 bits per heavy atom.